The third-order valence-corrected chi connectivity index (χ3v) is 4.43. The van der Waals surface area contributed by atoms with Gasteiger partial charge in [0.2, 0.25) is 0 Å². The van der Waals surface area contributed by atoms with Crippen LogP contribution in [0.15, 0.2) is 59.5 Å². The number of aromatic nitrogens is 3. The molecule has 3 aromatic rings. The molecule has 0 aliphatic heterocycles. The van der Waals surface area contributed by atoms with E-state index in [1.54, 1.807) is 17.7 Å². The molecule has 0 saturated heterocycles. The maximum Gasteiger partial charge on any atom is 0.446 e. The van der Waals surface area contributed by atoms with Crippen molar-refractivity contribution in [2.24, 2.45) is 7.05 Å². The summed E-state index contributed by atoms with van der Waals surface area (Å²) in [5.74, 6) is 0.994. The number of hydrogen-bond acceptors (Lipinski definition) is 4. The standard InChI is InChI=1S/C19H13F3N4S/c1-26-17(14-5-3-2-4-6-14)24-25-18(26)15(12-23)11-13-7-9-16(10-8-13)27-19(20,21)22/h2-11H,1H3. The van der Waals surface area contributed by atoms with Crippen LogP contribution in [-0.2, 0) is 7.05 Å². The van der Waals surface area contributed by atoms with Gasteiger partial charge in [0.15, 0.2) is 11.6 Å². The van der Waals surface area contributed by atoms with Crippen LogP contribution >= 0.6 is 11.8 Å². The molecule has 0 spiro atoms. The Labute approximate surface area is 158 Å². The molecule has 0 atom stereocenters. The second-order valence-corrected chi connectivity index (χ2v) is 6.70. The third kappa shape index (κ3) is 4.57. The van der Waals surface area contributed by atoms with Gasteiger partial charge in [0, 0.05) is 17.5 Å². The van der Waals surface area contributed by atoms with Gasteiger partial charge in [-0.25, -0.2) is 0 Å². The van der Waals surface area contributed by atoms with E-state index in [1.807, 2.05) is 30.3 Å². The van der Waals surface area contributed by atoms with Crippen LogP contribution in [-0.4, -0.2) is 20.3 Å². The average molecular weight is 386 g/mol. The van der Waals surface area contributed by atoms with Crippen LogP contribution in [0.2, 0.25) is 0 Å². The molecule has 0 fully saturated rings. The molecule has 0 radical (unpaired) electrons. The van der Waals surface area contributed by atoms with Gasteiger partial charge in [-0.3, -0.25) is 0 Å². The molecule has 0 saturated carbocycles. The van der Waals surface area contributed by atoms with Gasteiger partial charge in [-0.05, 0) is 35.5 Å². The zero-order valence-electron chi connectivity index (χ0n) is 14.1. The Morgan fingerprint density at radius 2 is 1.74 bits per heavy atom. The highest BCUT2D eigenvalue weighted by Gasteiger charge is 2.29. The van der Waals surface area contributed by atoms with Crippen molar-refractivity contribution in [1.82, 2.24) is 14.8 Å². The number of nitriles is 1. The maximum atomic E-state index is 12.4. The number of benzene rings is 2. The Morgan fingerprint density at radius 1 is 1.07 bits per heavy atom. The number of thioether (sulfide) groups is 1. The first-order valence-electron chi connectivity index (χ1n) is 7.80. The first kappa shape index (κ1) is 18.7. The summed E-state index contributed by atoms with van der Waals surface area (Å²) in [6, 6.07) is 17.3. The van der Waals surface area contributed by atoms with Crippen LogP contribution in [0.5, 0.6) is 0 Å². The second-order valence-electron chi connectivity index (χ2n) is 5.56. The summed E-state index contributed by atoms with van der Waals surface area (Å²) in [4.78, 5) is 0.0863. The summed E-state index contributed by atoms with van der Waals surface area (Å²) < 4.78 is 38.9. The number of halogens is 3. The van der Waals surface area contributed by atoms with E-state index < -0.39 is 5.51 Å². The van der Waals surface area contributed by atoms with Crippen molar-refractivity contribution in [3.05, 3.63) is 66.0 Å². The van der Waals surface area contributed by atoms with Gasteiger partial charge in [0.25, 0.3) is 0 Å². The highest BCUT2D eigenvalue weighted by Crippen LogP contribution is 2.36. The molecule has 3 rings (SSSR count). The minimum Gasteiger partial charge on any atom is -0.310 e. The number of alkyl halides is 3. The first-order valence-corrected chi connectivity index (χ1v) is 8.62. The minimum atomic E-state index is -4.33. The van der Waals surface area contributed by atoms with E-state index in [4.69, 9.17) is 0 Å². The lowest BCUT2D eigenvalue weighted by molar-refractivity contribution is -0.0328. The van der Waals surface area contributed by atoms with Gasteiger partial charge >= 0.3 is 5.51 Å². The summed E-state index contributed by atoms with van der Waals surface area (Å²) in [6.07, 6.45) is 1.57. The molecule has 1 aromatic heterocycles. The quantitative estimate of drug-likeness (QED) is 0.459. The predicted octanol–water partition coefficient (Wildman–Crippen LogP) is 5.16. The van der Waals surface area contributed by atoms with E-state index >= 15 is 0 Å². The summed E-state index contributed by atoms with van der Waals surface area (Å²) in [6.45, 7) is 0. The molecular formula is C19H13F3N4S. The Morgan fingerprint density at radius 3 is 2.33 bits per heavy atom. The van der Waals surface area contributed by atoms with E-state index in [2.05, 4.69) is 16.3 Å². The summed E-state index contributed by atoms with van der Waals surface area (Å²) in [5, 5.41) is 17.7. The Kier molecular flexibility index (Phi) is 5.33. The van der Waals surface area contributed by atoms with Crippen LogP contribution in [0.3, 0.4) is 0 Å². The fourth-order valence-corrected chi connectivity index (χ4v) is 3.02. The summed E-state index contributed by atoms with van der Waals surface area (Å²) >= 11 is -0.178. The van der Waals surface area contributed by atoms with E-state index in [-0.39, 0.29) is 22.2 Å². The molecule has 8 heteroatoms. The van der Waals surface area contributed by atoms with E-state index in [0.29, 0.717) is 17.2 Å². The molecule has 27 heavy (non-hydrogen) atoms. The topological polar surface area (TPSA) is 54.5 Å². The lowest BCUT2D eigenvalue weighted by atomic mass is 10.1. The van der Waals surface area contributed by atoms with Gasteiger partial charge in [0.05, 0.1) is 5.57 Å². The van der Waals surface area contributed by atoms with Crippen molar-refractivity contribution in [3.8, 4) is 17.5 Å². The number of nitrogens with zero attached hydrogens (tertiary/aromatic N) is 4. The Bertz CT molecular complexity index is 1000. The SMILES string of the molecule is Cn1c(C(C#N)=Cc2ccc(SC(F)(F)F)cc2)nnc1-c1ccccc1. The highest BCUT2D eigenvalue weighted by atomic mass is 32.2. The second kappa shape index (κ2) is 7.68. The van der Waals surface area contributed by atoms with Crippen molar-refractivity contribution in [3.63, 3.8) is 0 Å². The summed E-state index contributed by atoms with van der Waals surface area (Å²) in [7, 11) is 1.76. The maximum absolute atomic E-state index is 12.4. The lowest BCUT2D eigenvalue weighted by Gasteiger charge is -2.06. The fraction of sp³-hybridized carbons (Fsp3) is 0.105. The molecule has 1 heterocycles. The van der Waals surface area contributed by atoms with Crippen molar-refractivity contribution >= 4 is 23.4 Å². The first-order chi connectivity index (χ1) is 12.9. The average Bonchev–Trinajstić information content (AvgIpc) is 3.02. The van der Waals surface area contributed by atoms with Crippen LogP contribution in [0, 0.1) is 11.3 Å². The number of rotatable bonds is 4. The zero-order valence-corrected chi connectivity index (χ0v) is 14.9. The van der Waals surface area contributed by atoms with Crippen LogP contribution in [0.25, 0.3) is 23.0 Å². The zero-order chi connectivity index (χ0) is 19.4. The van der Waals surface area contributed by atoms with Crippen molar-refractivity contribution in [1.29, 1.82) is 5.26 Å². The van der Waals surface area contributed by atoms with E-state index in [9.17, 15) is 18.4 Å². The van der Waals surface area contributed by atoms with Crippen LogP contribution < -0.4 is 0 Å². The molecular weight excluding hydrogens is 373 g/mol. The summed E-state index contributed by atoms with van der Waals surface area (Å²) in [5.41, 5.74) is -2.60. The fourth-order valence-electron chi connectivity index (χ4n) is 2.48. The largest absolute Gasteiger partial charge is 0.446 e. The molecule has 0 amide bonds. The third-order valence-electron chi connectivity index (χ3n) is 3.69. The molecule has 4 nitrogen and oxygen atoms in total. The molecule has 0 aliphatic rings. The smallest absolute Gasteiger partial charge is 0.310 e. The van der Waals surface area contributed by atoms with Crippen molar-refractivity contribution in [2.75, 3.05) is 0 Å². The number of allylic oxidation sites excluding steroid dienone is 1. The van der Waals surface area contributed by atoms with Gasteiger partial charge in [0.1, 0.15) is 6.07 Å². The Hall–Kier alpha value is -3.05. The monoisotopic (exact) mass is 386 g/mol. The van der Waals surface area contributed by atoms with Gasteiger partial charge in [-0.2, -0.15) is 18.4 Å². The van der Waals surface area contributed by atoms with Crippen LogP contribution in [0.4, 0.5) is 13.2 Å². The predicted molar refractivity (Wildman–Crippen MR) is 98.3 cm³/mol. The normalized spacial score (nSPS) is 12.0. The lowest BCUT2D eigenvalue weighted by Crippen LogP contribution is -1.99. The molecule has 136 valence electrons. The molecule has 0 aliphatic carbocycles. The number of hydrogen-bond donors (Lipinski definition) is 0. The van der Waals surface area contributed by atoms with E-state index in [0.717, 1.165) is 5.56 Å². The van der Waals surface area contributed by atoms with Gasteiger partial charge < -0.3 is 4.57 Å². The van der Waals surface area contributed by atoms with Crippen LogP contribution in [0.1, 0.15) is 11.4 Å². The molecule has 2 aromatic carbocycles. The molecule has 0 bridgehead atoms. The highest BCUT2D eigenvalue weighted by molar-refractivity contribution is 8.00. The minimum absolute atomic E-state index is 0.0863. The van der Waals surface area contributed by atoms with Gasteiger partial charge in [-0.15, -0.1) is 10.2 Å². The molecule has 0 unspecified atom stereocenters. The van der Waals surface area contributed by atoms with E-state index in [1.165, 1.54) is 24.3 Å². The van der Waals surface area contributed by atoms with Crippen molar-refractivity contribution < 1.29 is 13.2 Å². The van der Waals surface area contributed by atoms with Gasteiger partial charge in [-0.1, -0.05) is 42.5 Å². The molecule has 0 N–H and O–H groups in total. The van der Waals surface area contributed by atoms with Crippen molar-refractivity contribution in [2.45, 2.75) is 10.4 Å². The Balaban J connectivity index is 1.90.